The first-order valence-corrected chi connectivity index (χ1v) is 9.86. The summed E-state index contributed by atoms with van der Waals surface area (Å²) in [7, 11) is 0. The van der Waals surface area contributed by atoms with Gasteiger partial charge in [0.2, 0.25) is 11.9 Å². The maximum atomic E-state index is 13.2. The second kappa shape index (κ2) is 7.31. The Hall–Kier alpha value is -3.22. The number of nitrogens with one attached hydrogen (secondary N) is 1. The third kappa shape index (κ3) is 3.72. The van der Waals surface area contributed by atoms with Crippen molar-refractivity contribution in [1.29, 1.82) is 0 Å². The van der Waals surface area contributed by atoms with Crippen LogP contribution in [0.3, 0.4) is 0 Å². The van der Waals surface area contributed by atoms with Gasteiger partial charge in [-0.05, 0) is 76.3 Å². The highest BCUT2D eigenvalue weighted by Crippen LogP contribution is 2.19. The Bertz CT molecular complexity index is 1150. The molecule has 0 spiro atoms. The summed E-state index contributed by atoms with van der Waals surface area (Å²) in [5.41, 5.74) is 5.96. The number of rotatable bonds is 4. The van der Waals surface area contributed by atoms with Crippen molar-refractivity contribution in [3.05, 3.63) is 68.4 Å². The van der Waals surface area contributed by atoms with Gasteiger partial charge in [-0.2, -0.15) is 5.10 Å². The molecule has 7 heteroatoms. The van der Waals surface area contributed by atoms with Gasteiger partial charge in [-0.1, -0.05) is 6.07 Å². The van der Waals surface area contributed by atoms with E-state index in [0.717, 1.165) is 52.3 Å². The zero-order valence-electron chi connectivity index (χ0n) is 17.2. The van der Waals surface area contributed by atoms with Crippen molar-refractivity contribution < 1.29 is 4.79 Å². The standard InChI is InChI=1S/C22H25N5O2/c1-13-8-14(2)10-17(9-13)23-20(28)12-26-21(29)18-6-5-7-19(18)24-22(26)27-16(4)11-15(3)25-27/h8-11H,5-7,12H2,1-4H3,(H,23,28). The van der Waals surface area contributed by atoms with E-state index in [2.05, 4.69) is 10.4 Å². The SMILES string of the molecule is Cc1cc(C)cc(NC(=O)Cn2c(-n3nc(C)cc3C)nc3c(c2=O)CCC3)c1. The minimum Gasteiger partial charge on any atom is -0.325 e. The summed E-state index contributed by atoms with van der Waals surface area (Å²) in [6, 6.07) is 7.80. The molecule has 2 heterocycles. The van der Waals surface area contributed by atoms with Crippen LogP contribution in [0.1, 0.15) is 40.2 Å². The molecule has 2 aromatic heterocycles. The summed E-state index contributed by atoms with van der Waals surface area (Å²) < 4.78 is 3.10. The molecule has 4 rings (SSSR count). The van der Waals surface area contributed by atoms with Gasteiger partial charge in [0, 0.05) is 16.9 Å². The summed E-state index contributed by atoms with van der Waals surface area (Å²) in [5, 5.41) is 7.39. The lowest BCUT2D eigenvalue weighted by Gasteiger charge is -2.15. The largest absolute Gasteiger partial charge is 0.325 e. The van der Waals surface area contributed by atoms with E-state index >= 15 is 0 Å². The fourth-order valence-corrected chi connectivity index (χ4v) is 4.04. The molecule has 1 amide bonds. The lowest BCUT2D eigenvalue weighted by atomic mass is 10.1. The van der Waals surface area contributed by atoms with E-state index in [1.807, 2.05) is 52.0 Å². The Kier molecular flexibility index (Phi) is 4.82. The van der Waals surface area contributed by atoms with Crippen molar-refractivity contribution in [2.45, 2.75) is 53.5 Å². The fourth-order valence-electron chi connectivity index (χ4n) is 4.04. The van der Waals surface area contributed by atoms with Crippen molar-refractivity contribution in [2.24, 2.45) is 0 Å². The van der Waals surface area contributed by atoms with Gasteiger partial charge in [0.1, 0.15) is 6.54 Å². The van der Waals surface area contributed by atoms with Crippen molar-refractivity contribution >= 4 is 11.6 Å². The molecule has 1 N–H and O–H groups in total. The Balaban J connectivity index is 1.73. The Morgan fingerprint density at radius 1 is 1.07 bits per heavy atom. The smallest absolute Gasteiger partial charge is 0.258 e. The van der Waals surface area contributed by atoms with Crippen LogP contribution in [0, 0.1) is 27.7 Å². The molecule has 1 aliphatic rings. The second-order valence-corrected chi connectivity index (χ2v) is 7.85. The number of amides is 1. The Morgan fingerprint density at radius 2 is 1.79 bits per heavy atom. The summed E-state index contributed by atoms with van der Waals surface area (Å²) >= 11 is 0. The van der Waals surface area contributed by atoms with Crippen LogP contribution in [-0.2, 0) is 24.2 Å². The van der Waals surface area contributed by atoms with E-state index in [9.17, 15) is 9.59 Å². The minimum atomic E-state index is -0.264. The quantitative estimate of drug-likeness (QED) is 0.741. The third-order valence-electron chi connectivity index (χ3n) is 5.17. The molecule has 0 bridgehead atoms. The van der Waals surface area contributed by atoms with Crippen LogP contribution in [0.5, 0.6) is 0 Å². The zero-order valence-corrected chi connectivity index (χ0v) is 17.2. The lowest BCUT2D eigenvalue weighted by Crippen LogP contribution is -2.34. The number of fused-ring (bicyclic) bond motifs is 1. The number of benzene rings is 1. The number of anilines is 1. The Morgan fingerprint density at radius 3 is 2.45 bits per heavy atom. The molecule has 0 radical (unpaired) electrons. The molecule has 0 saturated carbocycles. The van der Waals surface area contributed by atoms with Gasteiger partial charge in [0.25, 0.3) is 5.56 Å². The summed E-state index contributed by atoms with van der Waals surface area (Å²) in [5.74, 6) is 0.136. The lowest BCUT2D eigenvalue weighted by molar-refractivity contribution is -0.116. The molecule has 0 saturated heterocycles. The van der Waals surface area contributed by atoms with Crippen LogP contribution in [0.4, 0.5) is 5.69 Å². The predicted molar refractivity (Wildman–Crippen MR) is 112 cm³/mol. The first kappa shape index (κ1) is 19.1. The highest BCUT2D eigenvalue weighted by atomic mass is 16.2. The first-order valence-electron chi connectivity index (χ1n) is 9.86. The van der Waals surface area contributed by atoms with E-state index in [0.29, 0.717) is 12.4 Å². The molecule has 1 aliphatic carbocycles. The van der Waals surface area contributed by atoms with E-state index in [-0.39, 0.29) is 18.0 Å². The maximum Gasteiger partial charge on any atom is 0.258 e. The molecular formula is C22H25N5O2. The first-order chi connectivity index (χ1) is 13.8. The van der Waals surface area contributed by atoms with E-state index in [1.165, 1.54) is 4.57 Å². The van der Waals surface area contributed by atoms with Crippen LogP contribution in [0.2, 0.25) is 0 Å². The highest BCUT2D eigenvalue weighted by molar-refractivity contribution is 5.90. The van der Waals surface area contributed by atoms with E-state index < -0.39 is 0 Å². The average Bonchev–Trinajstić information content (AvgIpc) is 3.22. The van der Waals surface area contributed by atoms with Gasteiger partial charge in [-0.3, -0.25) is 14.2 Å². The van der Waals surface area contributed by atoms with Gasteiger partial charge >= 0.3 is 0 Å². The molecule has 150 valence electrons. The summed E-state index contributed by atoms with van der Waals surface area (Å²) in [6.45, 7) is 7.67. The zero-order chi connectivity index (χ0) is 20.7. The van der Waals surface area contributed by atoms with Crippen molar-refractivity contribution in [2.75, 3.05) is 5.32 Å². The monoisotopic (exact) mass is 391 g/mol. The van der Waals surface area contributed by atoms with Gasteiger partial charge in [0.05, 0.1) is 11.4 Å². The number of aryl methyl sites for hydroxylation is 5. The maximum absolute atomic E-state index is 13.2. The molecule has 3 aromatic rings. The van der Waals surface area contributed by atoms with E-state index in [4.69, 9.17) is 4.98 Å². The van der Waals surface area contributed by atoms with Gasteiger partial charge in [-0.25, -0.2) is 9.67 Å². The van der Waals surface area contributed by atoms with Crippen LogP contribution in [0.15, 0.2) is 29.1 Å². The number of aromatic nitrogens is 4. The van der Waals surface area contributed by atoms with E-state index in [1.54, 1.807) is 4.68 Å². The minimum absolute atomic E-state index is 0.111. The van der Waals surface area contributed by atoms with Gasteiger partial charge < -0.3 is 5.32 Å². The number of carbonyl (C=O) groups is 1. The fraction of sp³-hybridized carbons (Fsp3) is 0.364. The van der Waals surface area contributed by atoms with Crippen molar-refractivity contribution in [3.63, 3.8) is 0 Å². The number of hydrogen-bond donors (Lipinski definition) is 1. The molecule has 0 unspecified atom stereocenters. The molecule has 1 aromatic carbocycles. The molecule has 0 fully saturated rings. The molecule has 0 atom stereocenters. The molecule has 7 nitrogen and oxygen atoms in total. The van der Waals surface area contributed by atoms with Crippen molar-refractivity contribution in [3.8, 4) is 5.95 Å². The van der Waals surface area contributed by atoms with Crippen LogP contribution >= 0.6 is 0 Å². The van der Waals surface area contributed by atoms with Crippen LogP contribution in [-0.4, -0.2) is 25.2 Å². The predicted octanol–water partition coefficient (Wildman–Crippen LogP) is 2.79. The van der Waals surface area contributed by atoms with Crippen LogP contribution < -0.4 is 10.9 Å². The summed E-state index contributed by atoms with van der Waals surface area (Å²) in [4.78, 5) is 30.7. The normalized spacial score (nSPS) is 12.8. The summed E-state index contributed by atoms with van der Waals surface area (Å²) in [6.07, 6.45) is 2.40. The van der Waals surface area contributed by atoms with Gasteiger partial charge in [0.15, 0.2) is 0 Å². The topological polar surface area (TPSA) is 81.8 Å². The highest BCUT2D eigenvalue weighted by Gasteiger charge is 2.23. The molecule has 0 aliphatic heterocycles. The molecular weight excluding hydrogens is 366 g/mol. The number of carbonyl (C=O) groups excluding carboxylic acids is 1. The second-order valence-electron chi connectivity index (χ2n) is 7.85. The van der Waals surface area contributed by atoms with Crippen molar-refractivity contribution in [1.82, 2.24) is 19.3 Å². The molecule has 29 heavy (non-hydrogen) atoms. The Labute approximate surface area is 169 Å². The average molecular weight is 391 g/mol. The number of nitrogens with zero attached hydrogens (tertiary/aromatic N) is 4. The third-order valence-corrected chi connectivity index (χ3v) is 5.17. The van der Waals surface area contributed by atoms with Crippen LogP contribution in [0.25, 0.3) is 5.95 Å². The van der Waals surface area contributed by atoms with Gasteiger partial charge in [-0.15, -0.1) is 0 Å². The number of hydrogen-bond acceptors (Lipinski definition) is 4.